The Morgan fingerprint density at radius 2 is 1.61 bits per heavy atom. The minimum Gasteiger partial charge on any atom is -0.352 e. The third kappa shape index (κ3) is 8.72. The number of ketones is 1. The molecule has 1 aromatic heterocycles. The van der Waals surface area contributed by atoms with Gasteiger partial charge in [-0.3, -0.25) is 19.4 Å². The summed E-state index contributed by atoms with van der Waals surface area (Å²) in [6, 6.07) is 18.1. The predicted octanol–water partition coefficient (Wildman–Crippen LogP) is 1.78. The number of nitrogens with two attached hydrogens (primary N) is 3. The van der Waals surface area contributed by atoms with E-state index in [1.165, 1.54) is 4.90 Å². The molecule has 2 aromatic carbocycles. The summed E-state index contributed by atoms with van der Waals surface area (Å²) in [4.78, 5) is 44.4. The van der Waals surface area contributed by atoms with E-state index in [9.17, 15) is 14.4 Å². The van der Waals surface area contributed by atoms with Crippen LogP contribution in [0.5, 0.6) is 0 Å². The lowest BCUT2D eigenvalue weighted by molar-refractivity contribution is -0.134. The number of para-hydroxylation sites is 1. The van der Waals surface area contributed by atoms with E-state index in [-0.39, 0.29) is 30.6 Å². The maximum atomic E-state index is 13.0. The van der Waals surface area contributed by atoms with Crippen LogP contribution in [0.2, 0.25) is 0 Å². The van der Waals surface area contributed by atoms with Gasteiger partial charge in [0.25, 0.3) is 0 Å². The Labute approximate surface area is 223 Å². The Morgan fingerprint density at radius 3 is 2.32 bits per heavy atom. The van der Waals surface area contributed by atoms with E-state index in [2.05, 4.69) is 10.3 Å². The van der Waals surface area contributed by atoms with Crippen LogP contribution in [0.15, 0.2) is 66.9 Å². The van der Waals surface area contributed by atoms with Gasteiger partial charge in [0.05, 0.1) is 18.0 Å². The van der Waals surface area contributed by atoms with Crippen LogP contribution in [0.1, 0.15) is 41.6 Å². The molecule has 3 rings (SSSR count). The van der Waals surface area contributed by atoms with Gasteiger partial charge in [-0.05, 0) is 37.0 Å². The highest BCUT2D eigenvalue weighted by Gasteiger charge is 2.24. The number of hydrogen-bond acceptors (Lipinski definition) is 7. The Balaban J connectivity index is 1.63. The molecule has 0 saturated heterocycles. The molecule has 0 bridgehead atoms. The van der Waals surface area contributed by atoms with Crippen LogP contribution in [-0.2, 0) is 16.0 Å². The van der Waals surface area contributed by atoms with Crippen molar-refractivity contribution in [1.29, 1.82) is 0 Å². The molecule has 2 amide bonds. The SMILES string of the molecule is NCCN(CCN)C(=O)C[C@H](N)C(=O)N[C@H](CCC(=O)c1cnc2ccccc2c1)CCc1ccccc1. The van der Waals surface area contributed by atoms with Crippen molar-refractivity contribution in [3.05, 3.63) is 78.0 Å². The first-order valence-electron chi connectivity index (χ1n) is 13.1. The number of carbonyl (C=O) groups excluding carboxylic acids is 3. The van der Waals surface area contributed by atoms with Crippen molar-refractivity contribution in [2.75, 3.05) is 26.2 Å². The number of nitrogens with one attached hydrogen (secondary N) is 1. The standard InChI is InChI=1S/C29H38N6O3/c30-14-16-35(17-15-31)28(37)19-25(32)29(38)34-24(11-10-21-6-2-1-3-7-21)12-13-27(36)23-18-22-8-4-5-9-26(22)33-20-23/h1-9,18,20,24-25H,10-17,19,30-32H2,(H,34,38)/t24-,25-/m0/s1. The average molecular weight is 519 g/mol. The van der Waals surface area contributed by atoms with E-state index in [0.717, 1.165) is 22.9 Å². The summed E-state index contributed by atoms with van der Waals surface area (Å²) in [5, 5.41) is 3.88. The van der Waals surface area contributed by atoms with Crippen LogP contribution in [0.25, 0.3) is 10.9 Å². The summed E-state index contributed by atoms with van der Waals surface area (Å²) in [6.07, 6.45) is 3.50. The van der Waals surface area contributed by atoms with Gasteiger partial charge in [-0.15, -0.1) is 0 Å². The van der Waals surface area contributed by atoms with Gasteiger partial charge in [0.2, 0.25) is 11.8 Å². The molecule has 7 N–H and O–H groups in total. The highest BCUT2D eigenvalue weighted by atomic mass is 16.2. The molecule has 1 heterocycles. The first kappa shape index (κ1) is 28.9. The number of Topliss-reactive ketones (excluding diaryl/α,β-unsaturated/α-hetero) is 1. The largest absolute Gasteiger partial charge is 0.352 e. The third-order valence-corrected chi connectivity index (χ3v) is 6.49. The van der Waals surface area contributed by atoms with Crippen molar-refractivity contribution < 1.29 is 14.4 Å². The maximum Gasteiger partial charge on any atom is 0.237 e. The summed E-state index contributed by atoms with van der Waals surface area (Å²) in [5.41, 5.74) is 19.8. The molecule has 0 saturated carbocycles. The van der Waals surface area contributed by atoms with E-state index >= 15 is 0 Å². The summed E-state index contributed by atoms with van der Waals surface area (Å²) < 4.78 is 0. The number of fused-ring (bicyclic) bond motifs is 1. The number of benzene rings is 2. The van der Waals surface area contributed by atoms with Gasteiger partial charge in [0.1, 0.15) is 0 Å². The minimum atomic E-state index is -1.01. The van der Waals surface area contributed by atoms with Gasteiger partial charge in [-0.1, -0.05) is 48.5 Å². The second kappa shape index (κ2) is 14.9. The molecular formula is C29H38N6O3. The Morgan fingerprint density at radius 1 is 0.921 bits per heavy atom. The van der Waals surface area contributed by atoms with Gasteiger partial charge in [-0.2, -0.15) is 0 Å². The fraction of sp³-hybridized carbons (Fsp3) is 0.379. The van der Waals surface area contributed by atoms with Crippen LogP contribution in [0.4, 0.5) is 0 Å². The van der Waals surface area contributed by atoms with Gasteiger partial charge >= 0.3 is 0 Å². The normalized spacial score (nSPS) is 12.6. The van der Waals surface area contributed by atoms with Crippen molar-refractivity contribution in [2.45, 2.75) is 44.2 Å². The lowest BCUT2D eigenvalue weighted by Gasteiger charge is -2.24. The second-order valence-electron chi connectivity index (χ2n) is 9.38. The van der Waals surface area contributed by atoms with Crippen molar-refractivity contribution in [1.82, 2.24) is 15.2 Å². The quantitative estimate of drug-likeness (QED) is 0.223. The number of nitrogens with zero attached hydrogens (tertiary/aromatic N) is 2. The number of pyridine rings is 1. The Bertz CT molecular complexity index is 1200. The molecule has 9 nitrogen and oxygen atoms in total. The van der Waals surface area contributed by atoms with Gasteiger partial charge in [0, 0.05) is 55.8 Å². The Kier molecular flexibility index (Phi) is 11.4. The molecule has 0 aliphatic rings. The van der Waals surface area contributed by atoms with E-state index in [4.69, 9.17) is 17.2 Å². The zero-order chi connectivity index (χ0) is 27.3. The van der Waals surface area contributed by atoms with Gasteiger partial charge in [-0.25, -0.2) is 0 Å². The monoisotopic (exact) mass is 518 g/mol. The number of hydrogen-bond donors (Lipinski definition) is 4. The number of amides is 2. The molecule has 202 valence electrons. The van der Waals surface area contributed by atoms with E-state index < -0.39 is 11.9 Å². The summed E-state index contributed by atoms with van der Waals surface area (Å²) in [6.45, 7) is 1.32. The molecule has 3 aromatic rings. The molecule has 0 fully saturated rings. The molecule has 0 spiro atoms. The molecule has 0 unspecified atom stereocenters. The molecule has 38 heavy (non-hydrogen) atoms. The minimum absolute atomic E-state index is 0.0408. The topological polar surface area (TPSA) is 157 Å². The zero-order valence-electron chi connectivity index (χ0n) is 21.7. The summed E-state index contributed by atoms with van der Waals surface area (Å²) >= 11 is 0. The van der Waals surface area contributed by atoms with E-state index in [0.29, 0.717) is 44.6 Å². The molecule has 9 heteroatoms. The third-order valence-electron chi connectivity index (χ3n) is 6.49. The fourth-order valence-corrected chi connectivity index (χ4v) is 4.34. The summed E-state index contributed by atoms with van der Waals surface area (Å²) in [5.74, 6) is -0.721. The highest BCUT2D eigenvalue weighted by Crippen LogP contribution is 2.16. The number of aromatic nitrogens is 1. The van der Waals surface area contributed by atoms with Crippen molar-refractivity contribution in [3.8, 4) is 0 Å². The van der Waals surface area contributed by atoms with Crippen LogP contribution < -0.4 is 22.5 Å². The Hall–Kier alpha value is -3.66. The summed E-state index contributed by atoms with van der Waals surface area (Å²) in [7, 11) is 0. The van der Waals surface area contributed by atoms with Crippen molar-refractivity contribution in [3.63, 3.8) is 0 Å². The molecule has 0 aliphatic carbocycles. The first-order chi connectivity index (χ1) is 18.4. The number of aryl methyl sites for hydroxylation is 1. The predicted molar refractivity (Wildman–Crippen MR) is 149 cm³/mol. The molecule has 2 atom stereocenters. The number of rotatable bonds is 15. The number of carbonyl (C=O) groups is 3. The molecule has 0 aliphatic heterocycles. The van der Waals surface area contributed by atoms with Crippen LogP contribution in [-0.4, -0.2) is 65.7 Å². The highest BCUT2D eigenvalue weighted by molar-refractivity contribution is 5.98. The second-order valence-corrected chi connectivity index (χ2v) is 9.38. The van der Waals surface area contributed by atoms with E-state index in [1.807, 2.05) is 60.7 Å². The average Bonchev–Trinajstić information content (AvgIpc) is 2.94. The van der Waals surface area contributed by atoms with Crippen LogP contribution in [0.3, 0.4) is 0 Å². The smallest absolute Gasteiger partial charge is 0.237 e. The zero-order valence-corrected chi connectivity index (χ0v) is 21.7. The lowest BCUT2D eigenvalue weighted by atomic mass is 9.98. The molecular weight excluding hydrogens is 480 g/mol. The van der Waals surface area contributed by atoms with Crippen molar-refractivity contribution >= 4 is 28.5 Å². The lowest BCUT2D eigenvalue weighted by Crippen LogP contribution is -2.49. The van der Waals surface area contributed by atoms with Gasteiger partial charge < -0.3 is 27.4 Å². The van der Waals surface area contributed by atoms with E-state index in [1.54, 1.807) is 6.20 Å². The first-order valence-corrected chi connectivity index (χ1v) is 13.1. The fourth-order valence-electron chi connectivity index (χ4n) is 4.34. The van der Waals surface area contributed by atoms with Crippen LogP contribution >= 0.6 is 0 Å². The molecule has 0 radical (unpaired) electrons. The van der Waals surface area contributed by atoms with Crippen molar-refractivity contribution in [2.24, 2.45) is 17.2 Å². The maximum absolute atomic E-state index is 13.0. The van der Waals surface area contributed by atoms with Gasteiger partial charge in [0.15, 0.2) is 5.78 Å². The van der Waals surface area contributed by atoms with Crippen LogP contribution in [0, 0.1) is 0 Å².